The molecule has 3 heteroatoms. The fourth-order valence-corrected chi connectivity index (χ4v) is 1.88. The number of nitrogens with one attached hydrogen (secondary N) is 1. The van der Waals surface area contributed by atoms with Gasteiger partial charge in [0.25, 0.3) is 0 Å². The molecular weight excluding hydrogens is 176 g/mol. The normalized spacial score (nSPS) is 22.1. The quantitative estimate of drug-likeness (QED) is 0.538. The Morgan fingerprint density at radius 3 is 2.50 bits per heavy atom. The number of ether oxygens (including phenoxy) is 1. The Hall–Kier alpha value is -0.570. The molecule has 0 aliphatic heterocycles. The zero-order valence-electron chi connectivity index (χ0n) is 9.31. The third-order valence-electron chi connectivity index (χ3n) is 3.01. The summed E-state index contributed by atoms with van der Waals surface area (Å²) in [5.74, 6) is 0.223. The minimum Gasteiger partial charge on any atom is -0.388 e. The van der Waals surface area contributed by atoms with Gasteiger partial charge in [0.15, 0.2) is 0 Å². The van der Waals surface area contributed by atoms with Gasteiger partial charge >= 0.3 is 0 Å². The van der Waals surface area contributed by atoms with E-state index >= 15 is 0 Å². The van der Waals surface area contributed by atoms with Crippen LogP contribution in [0.1, 0.15) is 46.0 Å². The average molecular weight is 198 g/mol. The van der Waals surface area contributed by atoms with Gasteiger partial charge in [-0.25, -0.2) is 0 Å². The first-order valence-corrected chi connectivity index (χ1v) is 5.44. The summed E-state index contributed by atoms with van der Waals surface area (Å²) < 4.78 is 5.67. The van der Waals surface area contributed by atoms with Gasteiger partial charge in [-0.15, -0.1) is 0 Å². The second kappa shape index (κ2) is 4.78. The highest BCUT2D eigenvalue weighted by Gasteiger charge is 2.26. The van der Waals surface area contributed by atoms with E-state index in [4.69, 9.17) is 15.9 Å². The maximum atomic E-state index is 7.07. The Morgan fingerprint density at radius 2 is 2.00 bits per heavy atom. The minimum atomic E-state index is 0.223. The van der Waals surface area contributed by atoms with Crippen molar-refractivity contribution in [2.45, 2.75) is 52.1 Å². The number of amidine groups is 1. The largest absolute Gasteiger partial charge is 0.388 e. The van der Waals surface area contributed by atoms with Crippen LogP contribution < -0.4 is 5.73 Å². The van der Waals surface area contributed by atoms with E-state index in [1.54, 1.807) is 0 Å². The van der Waals surface area contributed by atoms with Crippen LogP contribution in [0.3, 0.4) is 0 Å². The smallest absolute Gasteiger partial charge is 0.0928 e. The van der Waals surface area contributed by atoms with Crippen molar-refractivity contribution in [1.82, 2.24) is 0 Å². The van der Waals surface area contributed by atoms with E-state index in [0.717, 1.165) is 12.8 Å². The Labute approximate surface area is 86.5 Å². The first-order valence-electron chi connectivity index (χ1n) is 5.44. The van der Waals surface area contributed by atoms with Crippen LogP contribution in [0.2, 0.25) is 0 Å². The Kier molecular flexibility index (Phi) is 3.93. The van der Waals surface area contributed by atoms with Crippen molar-refractivity contribution < 1.29 is 4.74 Å². The molecule has 0 saturated heterocycles. The molecule has 0 amide bonds. The molecule has 0 unspecified atom stereocenters. The molecule has 1 saturated carbocycles. The topological polar surface area (TPSA) is 59.1 Å². The molecule has 1 rings (SSSR count). The standard InChI is InChI=1S/C11H22N2O/c1-11(2)6-3-9(4-7-11)14-8-5-10(12)13/h9H,3-8H2,1-2H3,(H3,12,13). The molecule has 0 aromatic rings. The van der Waals surface area contributed by atoms with E-state index in [0.29, 0.717) is 24.5 Å². The molecule has 0 heterocycles. The molecule has 1 aliphatic carbocycles. The molecule has 0 bridgehead atoms. The zero-order chi connectivity index (χ0) is 10.6. The number of hydrogen-bond donors (Lipinski definition) is 2. The van der Waals surface area contributed by atoms with E-state index in [9.17, 15) is 0 Å². The fraction of sp³-hybridized carbons (Fsp3) is 0.909. The van der Waals surface area contributed by atoms with Crippen molar-refractivity contribution in [2.24, 2.45) is 11.1 Å². The van der Waals surface area contributed by atoms with E-state index in [2.05, 4.69) is 13.8 Å². The third-order valence-corrected chi connectivity index (χ3v) is 3.01. The van der Waals surface area contributed by atoms with Crippen LogP contribution in [0.15, 0.2) is 0 Å². The third kappa shape index (κ3) is 4.09. The molecule has 0 atom stereocenters. The van der Waals surface area contributed by atoms with Gasteiger partial charge in [-0.1, -0.05) is 13.8 Å². The second-order valence-corrected chi connectivity index (χ2v) is 5.01. The van der Waals surface area contributed by atoms with Crippen molar-refractivity contribution in [1.29, 1.82) is 5.41 Å². The summed E-state index contributed by atoms with van der Waals surface area (Å²) in [6, 6.07) is 0. The van der Waals surface area contributed by atoms with Crippen LogP contribution in [0.5, 0.6) is 0 Å². The molecule has 3 N–H and O–H groups in total. The van der Waals surface area contributed by atoms with Crippen LogP contribution in [-0.4, -0.2) is 18.5 Å². The van der Waals surface area contributed by atoms with Crippen molar-refractivity contribution in [3.05, 3.63) is 0 Å². The summed E-state index contributed by atoms with van der Waals surface area (Å²) in [7, 11) is 0. The molecular formula is C11H22N2O. The van der Waals surface area contributed by atoms with Gasteiger partial charge < -0.3 is 10.5 Å². The molecule has 3 nitrogen and oxygen atoms in total. The van der Waals surface area contributed by atoms with E-state index in [1.807, 2.05) is 0 Å². The van der Waals surface area contributed by atoms with E-state index in [1.165, 1.54) is 12.8 Å². The summed E-state index contributed by atoms with van der Waals surface area (Å²) in [6.07, 6.45) is 5.79. The van der Waals surface area contributed by atoms with Gasteiger partial charge in [0.2, 0.25) is 0 Å². The second-order valence-electron chi connectivity index (χ2n) is 5.01. The molecule has 1 fully saturated rings. The van der Waals surface area contributed by atoms with Crippen molar-refractivity contribution in [3.8, 4) is 0 Å². The molecule has 82 valence electrons. The lowest BCUT2D eigenvalue weighted by Crippen LogP contribution is -2.27. The predicted octanol–water partition coefficient (Wildman–Crippen LogP) is 2.30. The van der Waals surface area contributed by atoms with Crippen LogP contribution in [0.4, 0.5) is 0 Å². The first kappa shape index (κ1) is 11.5. The van der Waals surface area contributed by atoms with Crippen LogP contribution in [0.25, 0.3) is 0 Å². The average Bonchev–Trinajstić information content (AvgIpc) is 2.07. The molecule has 0 spiro atoms. The highest BCUT2D eigenvalue weighted by atomic mass is 16.5. The van der Waals surface area contributed by atoms with E-state index in [-0.39, 0.29) is 5.84 Å². The lowest BCUT2D eigenvalue weighted by atomic mass is 9.76. The monoisotopic (exact) mass is 198 g/mol. The van der Waals surface area contributed by atoms with Gasteiger partial charge in [-0.3, -0.25) is 5.41 Å². The summed E-state index contributed by atoms with van der Waals surface area (Å²) in [4.78, 5) is 0. The van der Waals surface area contributed by atoms with Crippen molar-refractivity contribution in [2.75, 3.05) is 6.61 Å². The van der Waals surface area contributed by atoms with Crippen LogP contribution >= 0.6 is 0 Å². The molecule has 0 aromatic carbocycles. The molecule has 14 heavy (non-hydrogen) atoms. The van der Waals surface area contributed by atoms with Crippen molar-refractivity contribution >= 4 is 5.84 Å². The van der Waals surface area contributed by atoms with Gasteiger partial charge in [0.05, 0.1) is 18.5 Å². The molecule has 0 radical (unpaired) electrons. The van der Waals surface area contributed by atoms with Crippen molar-refractivity contribution in [3.63, 3.8) is 0 Å². The number of hydrogen-bond acceptors (Lipinski definition) is 2. The Morgan fingerprint density at radius 1 is 1.43 bits per heavy atom. The van der Waals surface area contributed by atoms with Gasteiger partial charge in [0, 0.05) is 6.42 Å². The predicted molar refractivity (Wildman–Crippen MR) is 58.5 cm³/mol. The Balaban J connectivity index is 2.13. The maximum absolute atomic E-state index is 7.07. The van der Waals surface area contributed by atoms with E-state index < -0.39 is 0 Å². The summed E-state index contributed by atoms with van der Waals surface area (Å²) >= 11 is 0. The van der Waals surface area contributed by atoms with Gasteiger partial charge in [-0.05, 0) is 31.1 Å². The fourth-order valence-electron chi connectivity index (χ4n) is 1.88. The SMILES string of the molecule is CC1(C)CCC(OCCC(=N)N)CC1. The molecule has 0 aromatic heterocycles. The number of nitrogens with two attached hydrogens (primary N) is 1. The zero-order valence-corrected chi connectivity index (χ0v) is 9.31. The molecule has 1 aliphatic rings. The summed E-state index contributed by atoms with van der Waals surface area (Å²) in [5, 5.41) is 7.07. The summed E-state index contributed by atoms with van der Waals surface area (Å²) in [6.45, 7) is 5.25. The maximum Gasteiger partial charge on any atom is 0.0928 e. The van der Waals surface area contributed by atoms with Gasteiger partial charge in [0.1, 0.15) is 0 Å². The lowest BCUT2D eigenvalue weighted by Gasteiger charge is -2.34. The van der Waals surface area contributed by atoms with Gasteiger partial charge in [-0.2, -0.15) is 0 Å². The highest BCUT2D eigenvalue weighted by molar-refractivity contribution is 5.76. The minimum absolute atomic E-state index is 0.223. The Bertz CT molecular complexity index is 191. The van der Waals surface area contributed by atoms with Crippen LogP contribution in [0, 0.1) is 10.8 Å². The lowest BCUT2D eigenvalue weighted by molar-refractivity contribution is 0.00770. The summed E-state index contributed by atoms with van der Waals surface area (Å²) in [5.41, 5.74) is 5.75. The number of rotatable bonds is 4. The van der Waals surface area contributed by atoms with Crippen LogP contribution in [-0.2, 0) is 4.74 Å². The highest BCUT2D eigenvalue weighted by Crippen LogP contribution is 2.36. The first-order chi connectivity index (χ1) is 6.49.